The van der Waals surface area contributed by atoms with Crippen LogP contribution in [0.3, 0.4) is 0 Å². The van der Waals surface area contributed by atoms with E-state index in [0.717, 1.165) is 32.1 Å². The zero-order valence-electron chi connectivity index (χ0n) is 16.9. The summed E-state index contributed by atoms with van der Waals surface area (Å²) in [4.78, 5) is 15.0. The molecule has 0 saturated heterocycles. The van der Waals surface area contributed by atoms with Gasteiger partial charge in [-0.3, -0.25) is 4.79 Å². The summed E-state index contributed by atoms with van der Waals surface area (Å²) in [7, 11) is -1.86. The Balaban J connectivity index is 1.48. The maximum Gasteiger partial charge on any atom is 0.254 e. The van der Waals surface area contributed by atoms with E-state index in [9.17, 15) is 13.2 Å². The summed E-state index contributed by atoms with van der Waals surface area (Å²) in [6, 6.07) is 14.7. The van der Waals surface area contributed by atoms with Crippen LogP contribution in [-0.4, -0.2) is 43.2 Å². The highest BCUT2D eigenvalue weighted by atomic mass is 32.2. The van der Waals surface area contributed by atoms with Crippen molar-refractivity contribution in [2.24, 2.45) is 0 Å². The molecule has 4 rings (SSSR count). The first-order valence-electron chi connectivity index (χ1n) is 10.4. The first-order chi connectivity index (χ1) is 14.0. The molecule has 2 aromatic carbocycles. The standard InChI is InChI=1S/C23H28N2O3S/c1-24(21-9-3-2-4-10-21)29(27,28)22-13-11-19(12-14-22)23(26)25-16-15-18-7-5-6-8-20(18)17-25/h5-8,11-14,21H,2-4,9-10,15-17H2,1H3. The van der Waals surface area contributed by atoms with Crippen molar-refractivity contribution in [3.8, 4) is 0 Å². The molecule has 154 valence electrons. The fourth-order valence-electron chi connectivity index (χ4n) is 4.43. The van der Waals surface area contributed by atoms with E-state index in [1.165, 1.54) is 21.9 Å². The number of carbonyl (C=O) groups excluding carboxylic acids is 1. The van der Waals surface area contributed by atoms with Crippen LogP contribution in [0, 0.1) is 0 Å². The third-order valence-electron chi connectivity index (χ3n) is 6.29. The number of hydrogen-bond donors (Lipinski definition) is 0. The smallest absolute Gasteiger partial charge is 0.254 e. The second kappa shape index (κ2) is 8.28. The predicted molar refractivity (Wildman–Crippen MR) is 113 cm³/mol. The minimum atomic E-state index is -3.54. The quantitative estimate of drug-likeness (QED) is 0.767. The number of amides is 1. The molecule has 0 atom stereocenters. The Morgan fingerprint density at radius 3 is 2.31 bits per heavy atom. The summed E-state index contributed by atoms with van der Waals surface area (Å²) in [6.07, 6.45) is 6.03. The van der Waals surface area contributed by atoms with Crippen LogP contribution in [-0.2, 0) is 23.0 Å². The zero-order valence-corrected chi connectivity index (χ0v) is 17.7. The number of rotatable bonds is 4. The molecule has 29 heavy (non-hydrogen) atoms. The Morgan fingerprint density at radius 1 is 0.966 bits per heavy atom. The first kappa shape index (κ1) is 20.1. The number of nitrogens with zero attached hydrogens (tertiary/aromatic N) is 2. The van der Waals surface area contributed by atoms with Gasteiger partial charge in [0, 0.05) is 31.7 Å². The van der Waals surface area contributed by atoms with Crippen molar-refractivity contribution in [1.29, 1.82) is 0 Å². The molecule has 0 spiro atoms. The van der Waals surface area contributed by atoms with Crippen molar-refractivity contribution >= 4 is 15.9 Å². The highest BCUT2D eigenvalue weighted by molar-refractivity contribution is 7.89. The van der Waals surface area contributed by atoms with E-state index in [2.05, 4.69) is 12.1 Å². The number of sulfonamides is 1. The van der Waals surface area contributed by atoms with Crippen LogP contribution in [0.2, 0.25) is 0 Å². The lowest BCUT2D eigenvalue weighted by Gasteiger charge is -2.30. The summed E-state index contributed by atoms with van der Waals surface area (Å²) >= 11 is 0. The zero-order chi connectivity index (χ0) is 20.4. The molecule has 1 amide bonds. The van der Waals surface area contributed by atoms with Crippen LogP contribution in [0.5, 0.6) is 0 Å². The molecule has 2 aliphatic rings. The minimum absolute atomic E-state index is 0.0518. The van der Waals surface area contributed by atoms with Crippen LogP contribution >= 0.6 is 0 Å². The summed E-state index contributed by atoms with van der Waals surface area (Å²) in [5.41, 5.74) is 3.01. The summed E-state index contributed by atoms with van der Waals surface area (Å²) in [6.45, 7) is 1.28. The van der Waals surface area contributed by atoms with Gasteiger partial charge in [0.25, 0.3) is 5.91 Å². The number of hydrogen-bond acceptors (Lipinski definition) is 3. The molecule has 5 nitrogen and oxygen atoms in total. The molecule has 0 N–H and O–H groups in total. The van der Waals surface area contributed by atoms with E-state index in [4.69, 9.17) is 0 Å². The summed E-state index contributed by atoms with van der Waals surface area (Å²) < 4.78 is 27.5. The molecule has 0 radical (unpaired) electrons. The molecular formula is C23H28N2O3S. The minimum Gasteiger partial charge on any atom is -0.334 e. The normalized spacial score (nSPS) is 17.9. The monoisotopic (exact) mass is 412 g/mol. The summed E-state index contributed by atoms with van der Waals surface area (Å²) in [5, 5.41) is 0. The van der Waals surface area contributed by atoms with Gasteiger partial charge in [0.05, 0.1) is 4.90 Å². The van der Waals surface area contributed by atoms with Gasteiger partial charge in [-0.25, -0.2) is 8.42 Å². The highest BCUT2D eigenvalue weighted by Crippen LogP contribution is 2.27. The van der Waals surface area contributed by atoms with Crippen LogP contribution in [0.1, 0.15) is 53.6 Å². The molecule has 0 aromatic heterocycles. The van der Waals surface area contributed by atoms with Gasteiger partial charge in [0.1, 0.15) is 0 Å². The van der Waals surface area contributed by atoms with Crippen molar-refractivity contribution in [2.45, 2.75) is 56.0 Å². The van der Waals surface area contributed by atoms with Gasteiger partial charge >= 0.3 is 0 Å². The number of fused-ring (bicyclic) bond motifs is 1. The maximum atomic E-state index is 13.0. The first-order valence-corrected chi connectivity index (χ1v) is 11.8. The lowest BCUT2D eigenvalue weighted by molar-refractivity contribution is 0.0734. The fourth-order valence-corrected chi connectivity index (χ4v) is 5.84. The number of carbonyl (C=O) groups is 1. The molecular weight excluding hydrogens is 384 g/mol. The van der Waals surface area contributed by atoms with Gasteiger partial charge < -0.3 is 4.90 Å². The summed E-state index contributed by atoms with van der Waals surface area (Å²) in [5.74, 6) is -0.0518. The predicted octanol–water partition coefficient (Wildman–Crippen LogP) is 3.84. The van der Waals surface area contributed by atoms with E-state index >= 15 is 0 Å². The van der Waals surface area contributed by atoms with Crippen molar-refractivity contribution < 1.29 is 13.2 Å². The lowest BCUT2D eigenvalue weighted by Crippen LogP contribution is -2.38. The largest absolute Gasteiger partial charge is 0.334 e. The molecule has 0 bridgehead atoms. The van der Waals surface area contributed by atoms with E-state index in [1.807, 2.05) is 17.0 Å². The molecule has 2 aromatic rings. The van der Waals surface area contributed by atoms with Crippen LogP contribution in [0.15, 0.2) is 53.4 Å². The second-order valence-corrected chi connectivity index (χ2v) is 10.1. The lowest BCUT2D eigenvalue weighted by atomic mass is 9.96. The van der Waals surface area contributed by atoms with Crippen LogP contribution in [0.4, 0.5) is 0 Å². The molecule has 0 unspecified atom stereocenters. The van der Waals surface area contributed by atoms with Gasteiger partial charge in [-0.1, -0.05) is 43.5 Å². The SMILES string of the molecule is CN(C1CCCCC1)S(=O)(=O)c1ccc(C(=O)N2CCc3ccccc3C2)cc1. The van der Waals surface area contributed by atoms with Gasteiger partial charge in [0.2, 0.25) is 10.0 Å². The van der Waals surface area contributed by atoms with Crippen molar-refractivity contribution in [3.63, 3.8) is 0 Å². The number of benzene rings is 2. The Hall–Kier alpha value is -2.18. The van der Waals surface area contributed by atoms with Crippen molar-refractivity contribution in [1.82, 2.24) is 9.21 Å². The maximum absolute atomic E-state index is 13.0. The third-order valence-corrected chi connectivity index (χ3v) is 8.21. The third kappa shape index (κ3) is 4.09. The van der Waals surface area contributed by atoms with Crippen molar-refractivity contribution in [2.75, 3.05) is 13.6 Å². The Bertz CT molecular complexity index is 979. The molecule has 1 fully saturated rings. The molecule has 6 heteroatoms. The van der Waals surface area contributed by atoms with Gasteiger partial charge in [-0.05, 0) is 54.7 Å². The van der Waals surface area contributed by atoms with Crippen molar-refractivity contribution in [3.05, 3.63) is 65.2 Å². The topological polar surface area (TPSA) is 57.7 Å². The average Bonchev–Trinajstić information content (AvgIpc) is 2.78. The van der Waals surface area contributed by atoms with E-state index in [-0.39, 0.29) is 16.8 Å². The Morgan fingerprint density at radius 2 is 1.62 bits per heavy atom. The Labute approximate surface area is 173 Å². The van der Waals surface area contributed by atoms with E-state index in [0.29, 0.717) is 18.7 Å². The molecule has 1 aliphatic carbocycles. The van der Waals surface area contributed by atoms with Gasteiger partial charge in [-0.15, -0.1) is 0 Å². The average molecular weight is 413 g/mol. The van der Waals surface area contributed by atoms with Crippen LogP contribution < -0.4 is 0 Å². The molecule has 1 heterocycles. The molecule has 1 aliphatic heterocycles. The van der Waals surface area contributed by atoms with Gasteiger partial charge in [0.15, 0.2) is 0 Å². The van der Waals surface area contributed by atoms with Crippen LogP contribution in [0.25, 0.3) is 0 Å². The van der Waals surface area contributed by atoms with E-state index < -0.39 is 10.0 Å². The van der Waals surface area contributed by atoms with E-state index in [1.54, 1.807) is 31.3 Å². The van der Waals surface area contributed by atoms with Gasteiger partial charge in [-0.2, -0.15) is 4.31 Å². The second-order valence-electron chi connectivity index (χ2n) is 8.08. The Kier molecular flexibility index (Phi) is 5.74. The molecule has 1 saturated carbocycles. The highest BCUT2D eigenvalue weighted by Gasteiger charge is 2.29. The fraction of sp³-hybridized carbons (Fsp3) is 0.435.